The van der Waals surface area contributed by atoms with Gasteiger partial charge in [0.2, 0.25) is 5.89 Å². The Bertz CT molecular complexity index is 352. The molecule has 5 nitrogen and oxygen atoms in total. The van der Waals surface area contributed by atoms with Crippen LogP contribution < -0.4 is 5.73 Å². The summed E-state index contributed by atoms with van der Waals surface area (Å²) < 4.78 is 44.6. The van der Waals surface area contributed by atoms with E-state index in [0.29, 0.717) is 0 Å². The first-order valence-electron chi connectivity index (χ1n) is 5.02. The van der Waals surface area contributed by atoms with Crippen LogP contribution in [-0.4, -0.2) is 22.9 Å². The van der Waals surface area contributed by atoms with Gasteiger partial charge in [-0.3, -0.25) is 0 Å². The molecule has 1 atom stereocenters. The molecule has 2 N–H and O–H groups in total. The van der Waals surface area contributed by atoms with Crippen LogP contribution in [0.5, 0.6) is 0 Å². The summed E-state index contributed by atoms with van der Waals surface area (Å²) in [7, 11) is 0. The van der Waals surface area contributed by atoms with Gasteiger partial charge in [-0.15, -0.1) is 0 Å². The quantitative estimate of drug-likeness (QED) is 0.866. The largest absolute Gasteiger partial charge is 0.411 e. The average Bonchev–Trinajstić information content (AvgIpc) is 2.63. The fraction of sp³-hybridized carbons (Fsp3) is 0.778. The van der Waals surface area contributed by atoms with E-state index < -0.39 is 18.8 Å². The van der Waals surface area contributed by atoms with Crippen LogP contribution in [0.3, 0.4) is 0 Å². The number of halogens is 3. The Labute approximate surface area is 96.1 Å². The highest BCUT2D eigenvalue weighted by Gasteiger charge is 2.27. The van der Waals surface area contributed by atoms with E-state index in [1.807, 2.05) is 13.8 Å². The van der Waals surface area contributed by atoms with Crippen molar-refractivity contribution in [2.45, 2.75) is 32.7 Å². The molecular weight excluding hydrogens is 239 g/mol. The smallest absolute Gasteiger partial charge is 0.364 e. The van der Waals surface area contributed by atoms with Crippen LogP contribution in [0.4, 0.5) is 13.2 Å². The number of alkyl halides is 3. The SMILES string of the molecule is CC(C)[C@H](N)c1nc(COCC(F)(F)F)no1. The van der Waals surface area contributed by atoms with Gasteiger partial charge in [-0.1, -0.05) is 19.0 Å². The van der Waals surface area contributed by atoms with Gasteiger partial charge in [-0.2, -0.15) is 18.2 Å². The maximum atomic E-state index is 11.8. The molecule has 1 aromatic rings. The van der Waals surface area contributed by atoms with Crippen molar-refractivity contribution in [3.63, 3.8) is 0 Å². The zero-order chi connectivity index (χ0) is 13.1. The summed E-state index contributed by atoms with van der Waals surface area (Å²) in [5.74, 6) is 0.352. The highest BCUT2D eigenvalue weighted by molar-refractivity contribution is 4.91. The summed E-state index contributed by atoms with van der Waals surface area (Å²) in [5, 5.41) is 3.48. The van der Waals surface area contributed by atoms with Crippen LogP contribution >= 0.6 is 0 Å². The lowest BCUT2D eigenvalue weighted by Gasteiger charge is -2.09. The van der Waals surface area contributed by atoms with Gasteiger partial charge < -0.3 is 15.0 Å². The Hall–Kier alpha value is -1.15. The number of aromatic nitrogens is 2. The summed E-state index contributed by atoms with van der Waals surface area (Å²) in [6.45, 7) is 2.05. The summed E-state index contributed by atoms with van der Waals surface area (Å²) in [6.07, 6.45) is -4.36. The zero-order valence-corrected chi connectivity index (χ0v) is 9.49. The molecule has 1 aromatic heterocycles. The van der Waals surface area contributed by atoms with Crippen molar-refractivity contribution in [3.8, 4) is 0 Å². The topological polar surface area (TPSA) is 74.2 Å². The lowest BCUT2D eigenvalue weighted by Crippen LogP contribution is -2.18. The number of nitrogens with two attached hydrogens (primary N) is 1. The Morgan fingerprint density at radius 3 is 2.59 bits per heavy atom. The predicted octanol–water partition coefficient (Wildman–Crippen LogP) is 1.80. The van der Waals surface area contributed by atoms with Gasteiger partial charge in [0.25, 0.3) is 0 Å². The van der Waals surface area contributed by atoms with Crippen LogP contribution in [0.1, 0.15) is 31.6 Å². The van der Waals surface area contributed by atoms with E-state index in [1.165, 1.54) is 0 Å². The molecule has 0 amide bonds. The van der Waals surface area contributed by atoms with Gasteiger partial charge in [0.05, 0.1) is 6.04 Å². The lowest BCUT2D eigenvalue weighted by molar-refractivity contribution is -0.177. The highest BCUT2D eigenvalue weighted by Crippen LogP contribution is 2.18. The van der Waals surface area contributed by atoms with Gasteiger partial charge in [0.15, 0.2) is 5.82 Å². The Morgan fingerprint density at radius 1 is 1.41 bits per heavy atom. The minimum Gasteiger partial charge on any atom is -0.364 e. The monoisotopic (exact) mass is 253 g/mol. The van der Waals surface area contributed by atoms with Crippen molar-refractivity contribution in [1.82, 2.24) is 10.1 Å². The van der Waals surface area contributed by atoms with Crippen LogP contribution in [0.2, 0.25) is 0 Å². The number of rotatable bonds is 5. The molecule has 0 spiro atoms. The Balaban J connectivity index is 2.46. The van der Waals surface area contributed by atoms with Crippen molar-refractivity contribution >= 4 is 0 Å². The maximum absolute atomic E-state index is 11.8. The van der Waals surface area contributed by atoms with Gasteiger partial charge >= 0.3 is 6.18 Å². The predicted molar refractivity (Wildman–Crippen MR) is 51.8 cm³/mol. The second kappa shape index (κ2) is 5.46. The normalized spacial score (nSPS) is 14.3. The van der Waals surface area contributed by atoms with Gasteiger partial charge in [-0.05, 0) is 5.92 Å². The fourth-order valence-corrected chi connectivity index (χ4v) is 1.00. The van der Waals surface area contributed by atoms with Gasteiger partial charge in [-0.25, -0.2) is 0 Å². The van der Waals surface area contributed by atoms with E-state index in [1.54, 1.807) is 0 Å². The summed E-state index contributed by atoms with van der Waals surface area (Å²) in [5.41, 5.74) is 5.73. The van der Waals surface area contributed by atoms with Gasteiger partial charge in [0.1, 0.15) is 13.2 Å². The molecule has 1 rings (SSSR count). The summed E-state index contributed by atoms with van der Waals surface area (Å²) in [4.78, 5) is 3.86. The van der Waals surface area contributed by atoms with Crippen molar-refractivity contribution in [1.29, 1.82) is 0 Å². The van der Waals surface area contributed by atoms with Crippen LogP contribution in [-0.2, 0) is 11.3 Å². The molecule has 0 bridgehead atoms. The first kappa shape index (κ1) is 13.9. The molecule has 0 aliphatic heterocycles. The summed E-state index contributed by atoms with van der Waals surface area (Å²) >= 11 is 0. The molecule has 0 aliphatic rings. The lowest BCUT2D eigenvalue weighted by atomic mass is 10.1. The van der Waals surface area contributed by atoms with E-state index in [9.17, 15) is 13.2 Å². The zero-order valence-electron chi connectivity index (χ0n) is 9.49. The molecule has 98 valence electrons. The number of ether oxygens (including phenoxy) is 1. The molecule has 0 fully saturated rings. The van der Waals surface area contributed by atoms with Crippen LogP contribution in [0.25, 0.3) is 0 Å². The van der Waals surface area contributed by atoms with E-state index in [-0.39, 0.29) is 24.2 Å². The Morgan fingerprint density at radius 2 is 2.06 bits per heavy atom. The van der Waals surface area contributed by atoms with Crippen LogP contribution in [0.15, 0.2) is 4.52 Å². The molecule has 0 aromatic carbocycles. The molecular formula is C9H14F3N3O2. The minimum atomic E-state index is -4.36. The standard InChI is InChI=1S/C9H14F3N3O2/c1-5(2)7(13)8-14-6(15-17-8)3-16-4-9(10,11)12/h5,7H,3-4,13H2,1-2H3/t7-/m0/s1. The van der Waals surface area contributed by atoms with Crippen LogP contribution in [0, 0.1) is 5.92 Å². The molecule has 0 radical (unpaired) electrons. The second-order valence-electron chi connectivity index (χ2n) is 3.93. The van der Waals surface area contributed by atoms with Gasteiger partial charge in [0, 0.05) is 0 Å². The molecule has 0 aliphatic carbocycles. The van der Waals surface area contributed by atoms with Crippen molar-refractivity contribution in [2.75, 3.05) is 6.61 Å². The molecule has 0 unspecified atom stereocenters. The first-order valence-corrected chi connectivity index (χ1v) is 5.02. The molecule has 0 saturated heterocycles. The van der Waals surface area contributed by atoms with Crippen molar-refractivity contribution < 1.29 is 22.4 Å². The fourth-order valence-electron chi connectivity index (χ4n) is 1.00. The third-order valence-electron chi connectivity index (χ3n) is 1.98. The molecule has 8 heteroatoms. The molecule has 0 saturated carbocycles. The third-order valence-corrected chi connectivity index (χ3v) is 1.98. The van der Waals surface area contributed by atoms with E-state index in [0.717, 1.165) is 0 Å². The highest BCUT2D eigenvalue weighted by atomic mass is 19.4. The van der Waals surface area contributed by atoms with E-state index >= 15 is 0 Å². The van der Waals surface area contributed by atoms with E-state index in [4.69, 9.17) is 10.3 Å². The Kier molecular flexibility index (Phi) is 4.47. The number of hydrogen-bond donors (Lipinski definition) is 1. The molecule has 17 heavy (non-hydrogen) atoms. The first-order chi connectivity index (χ1) is 7.79. The number of hydrogen-bond acceptors (Lipinski definition) is 5. The average molecular weight is 253 g/mol. The summed E-state index contributed by atoms with van der Waals surface area (Å²) in [6, 6.07) is -0.432. The number of nitrogens with zero attached hydrogens (tertiary/aromatic N) is 2. The third kappa shape index (κ3) is 4.70. The molecule has 1 heterocycles. The maximum Gasteiger partial charge on any atom is 0.411 e. The second-order valence-corrected chi connectivity index (χ2v) is 3.93. The minimum absolute atomic E-state index is 0.0559. The van der Waals surface area contributed by atoms with Crippen molar-refractivity contribution in [2.24, 2.45) is 11.7 Å². The van der Waals surface area contributed by atoms with Crippen molar-refractivity contribution in [3.05, 3.63) is 11.7 Å². The van der Waals surface area contributed by atoms with E-state index in [2.05, 4.69) is 14.9 Å².